The Labute approximate surface area is 130 Å². The van der Waals surface area contributed by atoms with Crippen molar-refractivity contribution in [3.8, 4) is 5.75 Å². The van der Waals surface area contributed by atoms with Crippen molar-refractivity contribution in [2.45, 2.75) is 37.8 Å². The van der Waals surface area contributed by atoms with E-state index in [-0.39, 0.29) is 11.9 Å². The zero-order valence-electron chi connectivity index (χ0n) is 12.1. The highest BCUT2D eigenvalue weighted by Crippen LogP contribution is 2.22. The van der Waals surface area contributed by atoms with Crippen LogP contribution in [-0.4, -0.2) is 42.6 Å². The fraction of sp³-hybridized carbons (Fsp3) is 0.562. The Morgan fingerprint density at radius 3 is 3.00 bits per heavy atom. The summed E-state index contributed by atoms with van der Waals surface area (Å²) in [4.78, 5) is 14.4. The molecule has 1 saturated heterocycles. The normalized spacial score (nSPS) is 22.2. The first-order valence-corrected chi connectivity index (χ1v) is 8.03. The van der Waals surface area contributed by atoms with E-state index in [0.29, 0.717) is 17.7 Å². The maximum Gasteiger partial charge on any atom is 0.237 e. The number of halogens is 1. The van der Waals surface area contributed by atoms with Crippen LogP contribution >= 0.6 is 11.6 Å². The number of nitrogens with one attached hydrogen (secondary N) is 1. The molecule has 1 atom stereocenters. The summed E-state index contributed by atoms with van der Waals surface area (Å²) in [6.07, 6.45) is 4.31. The number of benzene rings is 1. The molecule has 2 fully saturated rings. The SMILES string of the molecule is O=C(NC1CC1)C1CCCN1CCOc1cccc(Cl)c1. The summed E-state index contributed by atoms with van der Waals surface area (Å²) < 4.78 is 5.71. The summed E-state index contributed by atoms with van der Waals surface area (Å²) in [6, 6.07) is 7.86. The summed E-state index contributed by atoms with van der Waals surface area (Å²) in [6.45, 7) is 2.32. The number of nitrogens with zero attached hydrogens (tertiary/aromatic N) is 1. The van der Waals surface area contributed by atoms with Crippen molar-refractivity contribution in [2.24, 2.45) is 0 Å². The van der Waals surface area contributed by atoms with Gasteiger partial charge in [0, 0.05) is 17.6 Å². The van der Waals surface area contributed by atoms with Gasteiger partial charge in [-0.1, -0.05) is 17.7 Å². The highest BCUT2D eigenvalue weighted by Gasteiger charge is 2.33. The van der Waals surface area contributed by atoms with Gasteiger partial charge in [0.1, 0.15) is 12.4 Å². The molecule has 0 radical (unpaired) electrons. The molecule has 1 aliphatic heterocycles. The molecule has 2 aliphatic rings. The quantitative estimate of drug-likeness (QED) is 0.878. The van der Waals surface area contributed by atoms with E-state index in [0.717, 1.165) is 44.5 Å². The van der Waals surface area contributed by atoms with E-state index < -0.39 is 0 Å². The fourth-order valence-corrected chi connectivity index (χ4v) is 2.93. The lowest BCUT2D eigenvalue weighted by Crippen LogP contribution is -2.45. The van der Waals surface area contributed by atoms with E-state index in [1.807, 2.05) is 24.3 Å². The Morgan fingerprint density at radius 2 is 2.24 bits per heavy atom. The molecule has 1 saturated carbocycles. The van der Waals surface area contributed by atoms with Crippen LogP contribution in [0, 0.1) is 0 Å². The molecule has 1 N–H and O–H groups in total. The third kappa shape index (κ3) is 4.11. The van der Waals surface area contributed by atoms with Crippen molar-refractivity contribution < 1.29 is 9.53 Å². The third-order valence-electron chi connectivity index (χ3n) is 4.03. The standard InChI is InChI=1S/C16H21ClN2O2/c17-12-3-1-4-14(11-12)21-10-9-19-8-2-5-15(19)16(20)18-13-6-7-13/h1,3-4,11,13,15H,2,5-10H2,(H,18,20). The van der Waals surface area contributed by atoms with Gasteiger partial charge in [0.05, 0.1) is 6.04 Å². The predicted octanol–water partition coefficient (Wildman–Crippen LogP) is 2.46. The lowest BCUT2D eigenvalue weighted by molar-refractivity contribution is -0.125. The van der Waals surface area contributed by atoms with Gasteiger partial charge in [-0.15, -0.1) is 0 Å². The minimum atomic E-state index is 0.0218. The molecular formula is C16H21ClN2O2. The van der Waals surface area contributed by atoms with Gasteiger partial charge in [-0.2, -0.15) is 0 Å². The number of carbonyl (C=O) groups is 1. The van der Waals surface area contributed by atoms with Crippen LogP contribution in [0.25, 0.3) is 0 Å². The Kier molecular flexibility index (Phi) is 4.66. The van der Waals surface area contributed by atoms with Crippen LogP contribution in [0.15, 0.2) is 24.3 Å². The van der Waals surface area contributed by atoms with Crippen molar-refractivity contribution in [1.29, 1.82) is 0 Å². The van der Waals surface area contributed by atoms with Gasteiger partial charge in [-0.05, 0) is 50.4 Å². The van der Waals surface area contributed by atoms with Crippen LogP contribution < -0.4 is 10.1 Å². The van der Waals surface area contributed by atoms with Gasteiger partial charge in [-0.3, -0.25) is 9.69 Å². The Morgan fingerprint density at radius 1 is 1.38 bits per heavy atom. The van der Waals surface area contributed by atoms with Gasteiger partial charge in [0.25, 0.3) is 0 Å². The maximum absolute atomic E-state index is 12.2. The molecule has 0 spiro atoms. The first-order valence-electron chi connectivity index (χ1n) is 7.65. The molecule has 1 unspecified atom stereocenters. The van der Waals surface area contributed by atoms with Crippen molar-refractivity contribution in [3.05, 3.63) is 29.3 Å². The first-order chi connectivity index (χ1) is 10.2. The summed E-state index contributed by atoms with van der Waals surface area (Å²) in [5.41, 5.74) is 0. The Bertz CT molecular complexity index is 505. The second-order valence-corrected chi connectivity index (χ2v) is 6.22. The van der Waals surface area contributed by atoms with E-state index in [9.17, 15) is 4.79 Å². The van der Waals surface area contributed by atoms with Gasteiger partial charge < -0.3 is 10.1 Å². The second kappa shape index (κ2) is 6.67. The smallest absolute Gasteiger partial charge is 0.237 e. The summed E-state index contributed by atoms with van der Waals surface area (Å²) >= 11 is 5.93. The molecule has 5 heteroatoms. The van der Waals surface area contributed by atoms with Crippen molar-refractivity contribution in [2.75, 3.05) is 19.7 Å². The Balaban J connectivity index is 1.46. The molecule has 1 aromatic rings. The van der Waals surface area contributed by atoms with Crippen LogP contribution in [-0.2, 0) is 4.79 Å². The van der Waals surface area contributed by atoms with Gasteiger partial charge in [0.2, 0.25) is 5.91 Å². The molecule has 1 amide bonds. The van der Waals surface area contributed by atoms with E-state index in [1.165, 1.54) is 0 Å². The average molecular weight is 309 g/mol. The Hall–Kier alpha value is -1.26. The second-order valence-electron chi connectivity index (χ2n) is 5.78. The number of hydrogen-bond acceptors (Lipinski definition) is 3. The highest BCUT2D eigenvalue weighted by atomic mass is 35.5. The van der Waals surface area contributed by atoms with Crippen LogP contribution in [0.3, 0.4) is 0 Å². The van der Waals surface area contributed by atoms with Crippen LogP contribution in [0.2, 0.25) is 5.02 Å². The fourth-order valence-electron chi connectivity index (χ4n) is 2.75. The number of rotatable bonds is 6. The summed E-state index contributed by atoms with van der Waals surface area (Å²) in [5.74, 6) is 0.971. The summed E-state index contributed by atoms with van der Waals surface area (Å²) in [7, 11) is 0. The first kappa shape index (κ1) is 14.7. The number of likely N-dealkylation sites (tertiary alicyclic amines) is 1. The van der Waals surface area contributed by atoms with E-state index in [2.05, 4.69) is 10.2 Å². The van der Waals surface area contributed by atoms with E-state index >= 15 is 0 Å². The minimum Gasteiger partial charge on any atom is -0.492 e. The molecular weight excluding hydrogens is 288 g/mol. The third-order valence-corrected chi connectivity index (χ3v) is 4.27. The predicted molar refractivity (Wildman–Crippen MR) is 82.7 cm³/mol. The molecule has 0 bridgehead atoms. The largest absolute Gasteiger partial charge is 0.492 e. The molecule has 114 valence electrons. The lowest BCUT2D eigenvalue weighted by Gasteiger charge is -2.23. The summed E-state index contributed by atoms with van der Waals surface area (Å²) in [5, 5.41) is 3.78. The van der Waals surface area contributed by atoms with Gasteiger partial charge in [-0.25, -0.2) is 0 Å². The monoisotopic (exact) mass is 308 g/mol. The molecule has 1 aromatic carbocycles. The van der Waals surface area contributed by atoms with Crippen molar-refractivity contribution in [3.63, 3.8) is 0 Å². The molecule has 21 heavy (non-hydrogen) atoms. The topological polar surface area (TPSA) is 41.6 Å². The van der Waals surface area contributed by atoms with Gasteiger partial charge in [0.15, 0.2) is 0 Å². The molecule has 1 aliphatic carbocycles. The minimum absolute atomic E-state index is 0.0218. The van der Waals surface area contributed by atoms with E-state index in [4.69, 9.17) is 16.3 Å². The maximum atomic E-state index is 12.2. The van der Waals surface area contributed by atoms with E-state index in [1.54, 1.807) is 0 Å². The van der Waals surface area contributed by atoms with Crippen molar-refractivity contribution >= 4 is 17.5 Å². The molecule has 0 aromatic heterocycles. The molecule has 1 heterocycles. The lowest BCUT2D eigenvalue weighted by atomic mass is 10.2. The number of hydrogen-bond donors (Lipinski definition) is 1. The van der Waals surface area contributed by atoms with Crippen LogP contribution in [0.1, 0.15) is 25.7 Å². The zero-order valence-corrected chi connectivity index (χ0v) is 12.8. The highest BCUT2D eigenvalue weighted by molar-refractivity contribution is 6.30. The average Bonchev–Trinajstić information content (AvgIpc) is 3.14. The van der Waals surface area contributed by atoms with Crippen LogP contribution in [0.5, 0.6) is 5.75 Å². The molecule has 3 rings (SSSR count). The van der Waals surface area contributed by atoms with Gasteiger partial charge >= 0.3 is 0 Å². The van der Waals surface area contributed by atoms with Crippen LogP contribution in [0.4, 0.5) is 0 Å². The number of carbonyl (C=O) groups excluding carboxylic acids is 1. The van der Waals surface area contributed by atoms with Crippen molar-refractivity contribution in [1.82, 2.24) is 10.2 Å². The zero-order chi connectivity index (χ0) is 14.7. The molecule has 4 nitrogen and oxygen atoms in total. The number of amides is 1. The number of ether oxygens (including phenoxy) is 1.